The van der Waals surface area contributed by atoms with Crippen LogP contribution < -0.4 is 9.46 Å². The number of alkyl halides is 3. The average molecular weight is 454 g/mol. The van der Waals surface area contributed by atoms with Gasteiger partial charge in [-0.15, -0.1) is 0 Å². The molecule has 6 nitrogen and oxygen atoms in total. The molecule has 0 unspecified atom stereocenters. The molecule has 0 aliphatic heterocycles. The van der Waals surface area contributed by atoms with Crippen molar-refractivity contribution in [1.82, 2.24) is 4.98 Å². The Bertz CT molecular complexity index is 1220. The molecule has 1 N–H and O–H groups in total. The second-order valence-electron chi connectivity index (χ2n) is 5.89. The Morgan fingerprint density at radius 2 is 1.77 bits per heavy atom. The molecule has 0 amide bonds. The zero-order valence-corrected chi connectivity index (χ0v) is 16.4. The number of hydrogen-bond acceptors (Lipinski definition) is 5. The van der Waals surface area contributed by atoms with E-state index in [1.165, 1.54) is 36.7 Å². The number of sulfonamides is 1. The van der Waals surface area contributed by atoms with Crippen molar-refractivity contribution in [3.05, 3.63) is 77.1 Å². The van der Waals surface area contributed by atoms with Crippen molar-refractivity contribution < 1.29 is 26.3 Å². The van der Waals surface area contributed by atoms with Crippen LogP contribution in [0.15, 0.2) is 65.8 Å². The second-order valence-corrected chi connectivity index (χ2v) is 8.01. The molecular formula is C19H11ClF3N3O3S. The average Bonchev–Trinajstić information content (AvgIpc) is 2.68. The normalized spacial score (nSPS) is 11.6. The van der Waals surface area contributed by atoms with Crippen LogP contribution in [0.4, 0.5) is 18.9 Å². The fourth-order valence-electron chi connectivity index (χ4n) is 2.38. The van der Waals surface area contributed by atoms with Gasteiger partial charge in [0.2, 0.25) is 0 Å². The molecule has 0 atom stereocenters. The number of nitriles is 1. The van der Waals surface area contributed by atoms with Crippen LogP contribution in [0.3, 0.4) is 0 Å². The summed E-state index contributed by atoms with van der Waals surface area (Å²) in [4.78, 5) is 3.49. The maximum absolute atomic E-state index is 12.6. The van der Waals surface area contributed by atoms with Gasteiger partial charge in [-0.25, -0.2) is 8.42 Å². The molecule has 0 saturated carbocycles. The topological polar surface area (TPSA) is 92.1 Å². The quantitative estimate of drug-likeness (QED) is 0.572. The Kier molecular flexibility index (Phi) is 5.87. The summed E-state index contributed by atoms with van der Waals surface area (Å²) in [5.74, 6) is 0.413. The predicted molar refractivity (Wildman–Crippen MR) is 103 cm³/mol. The molecule has 0 aliphatic carbocycles. The van der Waals surface area contributed by atoms with Crippen LogP contribution in [0, 0.1) is 11.3 Å². The first-order valence-electron chi connectivity index (χ1n) is 8.11. The van der Waals surface area contributed by atoms with E-state index in [-0.39, 0.29) is 27.6 Å². The highest BCUT2D eigenvalue weighted by Gasteiger charge is 2.30. The van der Waals surface area contributed by atoms with Gasteiger partial charge >= 0.3 is 6.18 Å². The fraction of sp³-hybridized carbons (Fsp3) is 0.0526. The fourth-order valence-corrected chi connectivity index (χ4v) is 3.60. The summed E-state index contributed by atoms with van der Waals surface area (Å²) >= 11 is 5.83. The smallest absolute Gasteiger partial charge is 0.416 e. The van der Waals surface area contributed by atoms with Crippen LogP contribution in [0.2, 0.25) is 5.02 Å². The molecule has 0 bridgehead atoms. The number of halogens is 4. The number of nitrogens with one attached hydrogen (secondary N) is 1. The van der Waals surface area contributed by atoms with Gasteiger partial charge in [-0.05, 0) is 42.5 Å². The van der Waals surface area contributed by atoms with E-state index in [0.717, 1.165) is 12.1 Å². The molecule has 2 aromatic carbocycles. The Morgan fingerprint density at radius 1 is 1.07 bits per heavy atom. The van der Waals surface area contributed by atoms with E-state index in [4.69, 9.17) is 16.3 Å². The first-order valence-corrected chi connectivity index (χ1v) is 9.97. The van der Waals surface area contributed by atoms with Gasteiger partial charge < -0.3 is 4.74 Å². The van der Waals surface area contributed by atoms with Crippen molar-refractivity contribution in [2.75, 3.05) is 4.72 Å². The number of hydrogen-bond donors (Lipinski definition) is 1. The Morgan fingerprint density at radius 3 is 2.37 bits per heavy atom. The molecule has 0 fully saturated rings. The third-order valence-corrected chi connectivity index (χ3v) is 5.36. The summed E-state index contributed by atoms with van der Waals surface area (Å²) < 4.78 is 70.6. The van der Waals surface area contributed by atoms with E-state index >= 15 is 0 Å². The third kappa shape index (κ3) is 5.00. The third-order valence-electron chi connectivity index (χ3n) is 3.75. The van der Waals surface area contributed by atoms with E-state index in [0.29, 0.717) is 17.2 Å². The van der Waals surface area contributed by atoms with Crippen molar-refractivity contribution >= 4 is 27.3 Å². The van der Waals surface area contributed by atoms with Gasteiger partial charge in [0.15, 0.2) is 0 Å². The molecule has 30 heavy (non-hydrogen) atoms. The van der Waals surface area contributed by atoms with Gasteiger partial charge in [0.1, 0.15) is 17.6 Å². The molecule has 11 heteroatoms. The van der Waals surface area contributed by atoms with Gasteiger partial charge in [0.05, 0.1) is 32.9 Å². The minimum Gasteiger partial charge on any atom is -0.454 e. The second kappa shape index (κ2) is 8.22. The summed E-state index contributed by atoms with van der Waals surface area (Å²) in [7, 11) is -4.17. The van der Waals surface area contributed by atoms with Crippen LogP contribution >= 0.6 is 11.6 Å². The van der Waals surface area contributed by atoms with Crippen LogP contribution in [-0.4, -0.2) is 13.4 Å². The van der Waals surface area contributed by atoms with E-state index in [9.17, 15) is 26.9 Å². The summed E-state index contributed by atoms with van der Waals surface area (Å²) in [6.07, 6.45) is -1.79. The summed E-state index contributed by atoms with van der Waals surface area (Å²) in [6.45, 7) is 0. The van der Waals surface area contributed by atoms with Crippen molar-refractivity contribution in [3.63, 3.8) is 0 Å². The molecule has 0 saturated heterocycles. The van der Waals surface area contributed by atoms with Gasteiger partial charge in [-0.3, -0.25) is 9.71 Å². The summed E-state index contributed by atoms with van der Waals surface area (Å²) in [6, 6.07) is 10.3. The molecule has 1 aromatic heterocycles. The SMILES string of the molecule is N#Cc1cc(NS(=O)(=O)c2ccc(C(F)(F)F)cc2)ccc1Oc1cncc(Cl)c1. The van der Waals surface area contributed by atoms with Crippen molar-refractivity contribution in [2.45, 2.75) is 11.1 Å². The molecule has 1 heterocycles. The number of benzene rings is 2. The highest BCUT2D eigenvalue weighted by atomic mass is 35.5. The molecule has 154 valence electrons. The van der Waals surface area contributed by atoms with E-state index < -0.39 is 21.8 Å². The zero-order valence-electron chi connectivity index (χ0n) is 14.8. The number of nitrogens with zero attached hydrogens (tertiary/aromatic N) is 2. The lowest BCUT2D eigenvalue weighted by atomic mass is 10.2. The lowest BCUT2D eigenvalue weighted by molar-refractivity contribution is -0.137. The molecule has 0 spiro atoms. The van der Waals surface area contributed by atoms with Crippen molar-refractivity contribution in [3.8, 4) is 17.6 Å². The molecule has 0 aliphatic rings. The van der Waals surface area contributed by atoms with E-state index in [2.05, 4.69) is 9.71 Å². The first-order chi connectivity index (χ1) is 14.1. The van der Waals surface area contributed by atoms with Gasteiger partial charge in [-0.1, -0.05) is 11.6 Å². The zero-order chi connectivity index (χ0) is 21.9. The van der Waals surface area contributed by atoms with Gasteiger partial charge in [0.25, 0.3) is 10.0 Å². The van der Waals surface area contributed by atoms with Crippen molar-refractivity contribution in [2.24, 2.45) is 0 Å². The molecule has 3 aromatic rings. The first kappa shape index (κ1) is 21.4. The Hall–Kier alpha value is -3.29. The maximum Gasteiger partial charge on any atom is 0.416 e. The standard InChI is InChI=1S/C19H11ClF3N3O3S/c20-14-8-16(11-25-10-14)29-18-6-3-15(7-12(18)9-24)26-30(27,28)17-4-1-13(2-5-17)19(21,22)23/h1-8,10-11,26H. The van der Waals surface area contributed by atoms with Crippen LogP contribution in [0.1, 0.15) is 11.1 Å². The minimum absolute atomic E-state index is 0.0163. The number of aromatic nitrogens is 1. The predicted octanol–water partition coefficient (Wildman–Crippen LogP) is 5.22. The molecular weight excluding hydrogens is 443 g/mol. The van der Waals surface area contributed by atoms with Crippen LogP contribution in [0.25, 0.3) is 0 Å². The van der Waals surface area contributed by atoms with Gasteiger partial charge in [-0.2, -0.15) is 18.4 Å². The highest BCUT2D eigenvalue weighted by Crippen LogP contribution is 2.31. The number of ether oxygens (including phenoxy) is 1. The summed E-state index contributed by atoms with van der Waals surface area (Å²) in [5.41, 5.74) is -0.921. The lowest BCUT2D eigenvalue weighted by Gasteiger charge is -2.12. The monoisotopic (exact) mass is 453 g/mol. The largest absolute Gasteiger partial charge is 0.454 e. The highest BCUT2D eigenvalue weighted by molar-refractivity contribution is 7.92. The lowest BCUT2D eigenvalue weighted by Crippen LogP contribution is -2.14. The Labute approximate surface area is 174 Å². The maximum atomic E-state index is 12.6. The minimum atomic E-state index is -4.58. The van der Waals surface area contributed by atoms with Crippen molar-refractivity contribution in [1.29, 1.82) is 5.26 Å². The van der Waals surface area contributed by atoms with Gasteiger partial charge in [0, 0.05) is 12.3 Å². The number of pyridine rings is 1. The van der Waals surface area contributed by atoms with Crippen LogP contribution in [-0.2, 0) is 16.2 Å². The number of anilines is 1. The molecule has 0 radical (unpaired) electrons. The van der Waals surface area contributed by atoms with E-state index in [1.807, 2.05) is 6.07 Å². The summed E-state index contributed by atoms with van der Waals surface area (Å²) in [5, 5.41) is 9.67. The number of rotatable bonds is 5. The Balaban J connectivity index is 1.83. The molecule has 3 rings (SSSR count). The van der Waals surface area contributed by atoms with Crippen LogP contribution in [0.5, 0.6) is 11.5 Å². The van der Waals surface area contributed by atoms with E-state index in [1.54, 1.807) is 0 Å².